The maximum atomic E-state index is 12.5. The van der Waals surface area contributed by atoms with Crippen LogP contribution in [0.1, 0.15) is 32.1 Å². The largest absolute Gasteiger partial charge is 0.356 e. The number of hydrogen-bond acceptors (Lipinski definition) is 6. The molecule has 3 rings (SSSR count). The van der Waals surface area contributed by atoms with Crippen LogP contribution in [-0.4, -0.2) is 44.6 Å². The van der Waals surface area contributed by atoms with Crippen LogP contribution < -0.4 is 15.4 Å². The molecule has 0 radical (unpaired) electrons. The second-order valence-electron chi connectivity index (χ2n) is 6.32. The van der Waals surface area contributed by atoms with E-state index in [1.54, 1.807) is 24.5 Å². The Labute approximate surface area is 148 Å². The molecule has 0 atom stereocenters. The van der Waals surface area contributed by atoms with Crippen LogP contribution in [0.5, 0.6) is 0 Å². The third kappa shape index (κ3) is 4.26. The van der Waals surface area contributed by atoms with Gasteiger partial charge < -0.3 is 10.6 Å². The zero-order valence-electron chi connectivity index (χ0n) is 14.3. The van der Waals surface area contributed by atoms with Crippen LogP contribution in [0, 0.1) is 0 Å². The van der Waals surface area contributed by atoms with Crippen molar-refractivity contribution < 1.29 is 8.42 Å². The van der Waals surface area contributed by atoms with E-state index >= 15 is 0 Å². The molecule has 136 valence electrons. The zero-order valence-corrected chi connectivity index (χ0v) is 15.1. The van der Waals surface area contributed by atoms with E-state index < -0.39 is 10.0 Å². The average molecular weight is 363 g/mol. The second-order valence-corrected chi connectivity index (χ2v) is 8.08. The van der Waals surface area contributed by atoms with E-state index in [0.717, 1.165) is 55.5 Å². The number of nitrogens with two attached hydrogens (primary N) is 1. The molecule has 8 heteroatoms. The zero-order chi connectivity index (χ0) is 17.7. The number of piperidine rings is 1. The number of sulfonamides is 1. The Morgan fingerprint density at radius 2 is 1.92 bits per heavy atom. The van der Waals surface area contributed by atoms with Crippen LogP contribution in [0.15, 0.2) is 29.4 Å². The Morgan fingerprint density at radius 3 is 2.68 bits per heavy atom. The van der Waals surface area contributed by atoms with Crippen molar-refractivity contribution in [2.24, 2.45) is 5.73 Å². The third-order valence-electron chi connectivity index (χ3n) is 4.47. The molecule has 0 bridgehead atoms. The molecular formula is C17H25N5O2S. The Hall–Kier alpha value is -1.77. The highest BCUT2D eigenvalue weighted by Crippen LogP contribution is 2.27. The molecule has 1 fully saturated rings. The minimum absolute atomic E-state index is 0.251. The summed E-state index contributed by atoms with van der Waals surface area (Å²) in [6, 6.07) is 5.03. The lowest BCUT2D eigenvalue weighted by molar-refractivity contribution is 0.574. The summed E-state index contributed by atoms with van der Waals surface area (Å²) in [5.41, 5.74) is 6.21. The summed E-state index contributed by atoms with van der Waals surface area (Å²) in [5, 5.41) is 0.786. The lowest BCUT2D eigenvalue weighted by atomic mass is 10.1. The topological polar surface area (TPSA) is 101 Å². The number of hydrogen-bond donors (Lipinski definition) is 2. The third-order valence-corrected chi connectivity index (χ3v) is 5.93. The molecule has 3 N–H and O–H groups in total. The van der Waals surface area contributed by atoms with Crippen molar-refractivity contribution in [1.82, 2.24) is 14.7 Å². The van der Waals surface area contributed by atoms with Gasteiger partial charge in [0.15, 0.2) is 0 Å². The normalized spacial score (nSPS) is 15.6. The van der Waals surface area contributed by atoms with Crippen molar-refractivity contribution in [1.29, 1.82) is 0 Å². The summed E-state index contributed by atoms with van der Waals surface area (Å²) in [4.78, 5) is 11.2. The highest BCUT2D eigenvalue weighted by molar-refractivity contribution is 7.89. The van der Waals surface area contributed by atoms with E-state index in [9.17, 15) is 8.42 Å². The van der Waals surface area contributed by atoms with Crippen molar-refractivity contribution >= 4 is 26.7 Å². The summed E-state index contributed by atoms with van der Waals surface area (Å²) in [6.45, 7) is 2.84. The molecule has 0 aliphatic carbocycles. The van der Waals surface area contributed by atoms with Crippen molar-refractivity contribution in [2.75, 3.05) is 31.1 Å². The molecule has 0 amide bonds. The van der Waals surface area contributed by atoms with Gasteiger partial charge in [0.1, 0.15) is 12.1 Å². The fraction of sp³-hybridized carbons (Fsp3) is 0.529. The fourth-order valence-electron chi connectivity index (χ4n) is 3.11. The summed E-state index contributed by atoms with van der Waals surface area (Å²) in [7, 11) is -3.54. The van der Waals surface area contributed by atoms with Crippen molar-refractivity contribution in [3.8, 4) is 0 Å². The number of rotatable bonds is 7. The SMILES string of the molecule is NCCCCNS(=O)(=O)c1ccc2ncnc(N3CCCCC3)c2c1. The first-order valence-electron chi connectivity index (χ1n) is 8.81. The molecule has 1 aliphatic heterocycles. The van der Waals surface area contributed by atoms with Gasteiger partial charge >= 0.3 is 0 Å². The van der Waals surface area contributed by atoms with Crippen molar-refractivity contribution in [2.45, 2.75) is 37.0 Å². The van der Waals surface area contributed by atoms with Gasteiger partial charge in [-0.2, -0.15) is 0 Å². The molecule has 0 spiro atoms. The first-order valence-corrected chi connectivity index (χ1v) is 10.3. The van der Waals surface area contributed by atoms with E-state index in [1.165, 1.54) is 6.42 Å². The summed E-state index contributed by atoms with van der Waals surface area (Å²) >= 11 is 0. The molecule has 1 aromatic carbocycles. The van der Waals surface area contributed by atoms with Crippen LogP contribution in [0.4, 0.5) is 5.82 Å². The average Bonchev–Trinajstić information content (AvgIpc) is 2.65. The van der Waals surface area contributed by atoms with Gasteiger partial charge in [-0.1, -0.05) is 0 Å². The summed E-state index contributed by atoms with van der Waals surface area (Å²) in [5.74, 6) is 0.824. The number of fused-ring (bicyclic) bond motifs is 1. The predicted octanol–water partition coefficient (Wildman–Crippen LogP) is 1.64. The Kier molecular flexibility index (Phi) is 5.82. The highest BCUT2D eigenvalue weighted by atomic mass is 32.2. The number of anilines is 1. The summed E-state index contributed by atoms with van der Waals surface area (Å²) in [6.07, 6.45) is 6.56. The van der Waals surface area contributed by atoms with Gasteiger partial charge in [-0.25, -0.2) is 23.1 Å². The number of benzene rings is 1. The molecule has 1 aliphatic rings. The van der Waals surface area contributed by atoms with E-state index in [1.807, 2.05) is 0 Å². The molecule has 2 heterocycles. The Balaban J connectivity index is 1.90. The molecule has 25 heavy (non-hydrogen) atoms. The number of nitrogens with zero attached hydrogens (tertiary/aromatic N) is 3. The van der Waals surface area contributed by atoms with Crippen LogP contribution in [0.2, 0.25) is 0 Å². The standard InChI is InChI=1S/C17H25N5O2S/c18-8-2-3-9-21-25(23,24)14-6-7-16-15(12-14)17(20-13-19-16)22-10-4-1-5-11-22/h6-7,12-13,21H,1-5,8-11,18H2. The van der Waals surface area contributed by atoms with E-state index in [-0.39, 0.29) is 4.90 Å². The first-order chi connectivity index (χ1) is 12.1. The van der Waals surface area contributed by atoms with Gasteiger partial charge in [-0.05, 0) is 56.8 Å². The van der Waals surface area contributed by atoms with Gasteiger partial charge in [0.05, 0.1) is 10.4 Å². The Bertz CT molecular complexity index is 819. The lowest BCUT2D eigenvalue weighted by Crippen LogP contribution is -2.30. The first kappa shape index (κ1) is 18.0. The number of nitrogens with one attached hydrogen (secondary N) is 1. The molecule has 1 aromatic heterocycles. The van der Waals surface area contributed by atoms with E-state index in [4.69, 9.17) is 5.73 Å². The van der Waals surface area contributed by atoms with Crippen LogP contribution >= 0.6 is 0 Å². The number of unbranched alkanes of at least 4 members (excludes halogenated alkanes) is 1. The van der Waals surface area contributed by atoms with Crippen molar-refractivity contribution in [3.63, 3.8) is 0 Å². The van der Waals surface area contributed by atoms with Crippen LogP contribution in [0.3, 0.4) is 0 Å². The molecule has 1 saturated heterocycles. The molecule has 0 unspecified atom stereocenters. The van der Waals surface area contributed by atoms with Gasteiger partial charge in [0.25, 0.3) is 0 Å². The van der Waals surface area contributed by atoms with Crippen molar-refractivity contribution in [3.05, 3.63) is 24.5 Å². The van der Waals surface area contributed by atoms with Crippen LogP contribution in [0.25, 0.3) is 10.9 Å². The van der Waals surface area contributed by atoms with Gasteiger partial charge in [0, 0.05) is 25.0 Å². The molecule has 0 saturated carbocycles. The van der Waals surface area contributed by atoms with Gasteiger partial charge in [-0.3, -0.25) is 0 Å². The second kappa shape index (κ2) is 8.07. The quantitative estimate of drug-likeness (QED) is 0.725. The van der Waals surface area contributed by atoms with Crippen LogP contribution in [-0.2, 0) is 10.0 Å². The molecule has 2 aromatic rings. The van der Waals surface area contributed by atoms with E-state index in [2.05, 4.69) is 19.6 Å². The molecular weight excluding hydrogens is 338 g/mol. The number of aromatic nitrogens is 2. The van der Waals surface area contributed by atoms with Gasteiger partial charge in [-0.15, -0.1) is 0 Å². The molecule has 7 nitrogen and oxygen atoms in total. The highest BCUT2D eigenvalue weighted by Gasteiger charge is 2.19. The maximum absolute atomic E-state index is 12.5. The van der Waals surface area contributed by atoms with Gasteiger partial charge in [0.2, 0.25) is 10.0 Å². The lowest BCUT2D eigenvalue weighted by Gasteiger charge is -2.28. The fourth-order valence-corrected chi connectivity index (χ4v) is 4.21. The maximum Gasteiger partial charge on any atom is 0.240 e. The monoisotopic (exact) mass is 363 g/mol. The van der Waals surface area contributed by atoms with E-state index in [0.29, 0.717) is 13.1 Å². The smallest absolute Gasteiger partial charge is 0.240 e. The summed E-state index contributed by atoms with van der Waals surface area (Å²) < 4.78 is 27.7. The minimum atomic E-state index is -3.54. The Morgan fingerprint density at radius 1 is 1.12 bits per heavy atom. The minimum Gasteiger partial charge on any atom is -0.356 e. The predicted molar refractivity (Wildman–Crippen MR) is 99.1 cm³/mol.